The maximum Gasteiger partial charge on any atom is 0.147 e. The first-order valence-electron chi connectivity index (χ1n) is 5.26. The lowest BCUT2D eigenvalue weighted by atomic mass is 10.0. The normalized spacial score (nSPS) is 11.5. The molecule has 15 heavy (non-hydrogen) atoms. The van der Waals surface area contributed by atoms with Crippen LogP contribution in [-0.2, 0) is 6.54 Å². The Hall–Kier alpha value is -1.16. The maximum atomic E-state index is 5.54. The molecule has 0 unspecified atom stereocenters. The fourth-order valence-electron chi connectivity index (χ4n) is 1.20. The number of anilines is 1. The molecule has 2 N–H and O–H groups in total. The fraction of sp³-hybridized carbons (Fsp3) is 0.636. The van der Waals surface area contributed by atoms with Gasteiger partial charge >= 0.3 is 0 Å². The summed E-state index contributed by atoms with van der Waals surface area (Å²) in [5.41, 5.74) is 6.45. The van der Waals surface area contributed by atoms with Gasteiger partial charge in [-0.05, 0) is 20.3 Å². The molecule has 0 aromatic carbocycles. The van der Waals surface area contributed by atoms with Gasteiger partial charge in [0.25, 0.3) is 0 Å². The Morgan fingerprint density at radius 3 is 2.60 bits per heavy atom. The zero-order valence-electron chi connectivity index (χ0n) is 9.99. The smallest absolute Gasteiger partial charge is 0.147 e. The van der Waals surface area contributed by atoms with Crippen LogP contribution in [0.1, 0.15) is 32.9 Å². The highest BCUT2D eigenvalue weighted by Gasteiger charge is 2.22. The highest BCUT2D eigenvalue weighted by Crippen LogP contribution is 2.22. The van der Waals surface area contributed by atoms with Gasteiger partial charge in [0.2, 0.25) is 0 Å². The Morgan fingerprint density at radius 1 is 1.40 bits per heavy atom. The molecule has 1 rings (SSSR count). The summed E-state index contributed by atoms with van der Waals surface area (Å²) in [7, 11) is 2.04. The number of nitrogens with two attached hydrogens (primary N) is 1. The van der Waals surface area contributed by atoms with Crippen molar-refractivity contribution in [2.75, 3.05) is 11.9 Å². The van der Waals surface area contributed by atoms with E-state index in [-0.39, 0.29) is 5.54 Å². The first-order chi connectivity index (χ1) is 7.01. The van der Waals surface area contributed by atoms with Crippen LogP contribution in [0.3, 0.4) is 0 Å². The van der Waals surface area contributed by atoms with Gasteiger partial charge in [0.05, 0.1) is 11.9 Å². The Kier molecular flexibility index (Phi) is 3.63. The van der Waals surface area contributed by atoms with Crippen LogP contribution in [0.25, 0.3) is 0 Å². The molecule has 0 bridgehead atoms. The lowest BCUT2D eigenvalue weighted by Crippen LogP contribution is -2.41. The van der Waals surface area contributed by atoms with E-state index in [1.807, 2.05) is 7.05 Å². The first kappa shape index (κ1) is 11.9. The van der Waals surface area contributed by atoms with Crippen LogP contribution < -0.4 is 10.6 Å². The highest BCUT2D eigenvalue weighted by molar-refractivity contribution is 5.38. The fourth-order valence-corrected chi connectivity index (χ4v) is 1.20. The van der Waals surface area contributed by atoms with E-state index in [0.717, 1.165) is 17.9 Å². The highest BCUT2D eigenvalue weighted by atomic mass is 15.2. The molecule has 84 valence electrons. The molecule has 0 aliphatic rings. The summed E-state index contributed by atoms with van der Waals surface area (Å²) in [4.78, 5) is 10.7. The van der Waals surface area contributed by atoms with Gasteiger partial charge < -0.3 is 10.6 Å². The average Bonchev–Trinajstić information content (AvgIpc) is 2.28. The molecule has 0 fully saturated rings. The van der Waals surface area contributed by atoms with E-state index in [0.29, 0.717) is 6.54 Å². The largest absolute Gasteiger partial charge is 0.353 e. The second-order valence-electron chi connectivity index (χ2n) is 4.30. The minimum Gasteiger partial charge on any atom is -0.353 e. The van der Waals surface area contributed by atoms with Crippen molar-refractivity contribution in [3.8, 4) is 0 Å². The van der Waals surface area contributed by atoms with E-state index in [9.17, 15) is 0 Å². The van der Waals surface area contributed by atoms with Gasteiger partial charge in [-0.1, -0.05) is 6.92 Å². The van der Waals surface area contributed by atoms with Crippen molar-refractivity contribution in [3.05, 3.63) is 18.1 Å². The van der Waals surface area contributed by atoms with Crippen molar-refractivity contribution in [1.82, 2.24) is 9.97 Å². The number of hydrogen-bond acceptors (Lipinski definition) is 4. The summed E-state index contributed by atoms with van der Waals surface area (Å²) in [5.74, 6) is 0.879. The Balaban J connectivity index is 2.95. The predicted molar refractivity (Wildman–Crippen MR) is 62.7 cm³/mol. The predicted octanol–water partition coefficient (Wildman–Crippen LogP) is 1.56. The quantitative estimate of drug-likeness (QED) is 0.816. The van der Waals surface area contributed by atoms with Crippen molar-refractivity contribution in [2.45, 2.75) is 39.3 Å². The van der Waals surface area contributed by atoms with Crippen LogP contribution >= 0.6 is 0 Å². The second-order valence-corrected chi connectivity index (χ2v) is 4.30. The van der Waals surface area contributed by atoms with Gasteiger partial charge in [0.1, 0.15) is 5.82 Å². The summed E-state index contributed by atoms with van der Waals surface area (Å²) >= 11 is 0. The lowest BCUT2D eigenvalue weighted by Gasteiger charge is -2.35. The Labute approximate surface area is 91.5 Å². The van der Waals surface area contributed by atoms with Gasteiger partial charge in [-0.15, -0.1) is 0 Å². The third-order valence-electron chi connectivity index (χ3n) is 3.00. The van der Waals surface area contributed by atoms with Crippen LogP contribution in [0.15, 0.2) is 12.4 Å². The van der Waals surface area contributed by atoms with Crippen molar-refractivity contribution >= 4 is 5.82 Å². The molecule has 4 heteroatoms. The summed E-state index contributed by atoms with van der Waals surface area (Å²) in [6, 6.07) is 0. The minimum atomic E-state index is 0.0852. The van der Waals surface area contributed by atoms with Gasteiger partial charge in [0.15, 0.2) is 0 Å². The van der Waals surface area contributed by atoms with Crippen LogP contribution in [0.5, 0.6) is 0 Å². The maximum absolute atomic E-state index is 5.54. The molecule has 1 aromatic heterocycles. The third kappa shape index (κ3) is 2.65. The monoisotopic (exact) mass is 208 g/mol. The molecule has 0 aliphatic carbocycles. The summed E-state index contributed by atoms with van der Waals surface area (Å²) in [5, 5.41) is 0. The molecule has 0 saturated carbocycles. The summed E-state index contributed by atoms with van der Waals surface area (Å²) in [6.07, 6.45) is 4.53. The topological polar surface area (TPSA) is 55.0 Å². The van der Waals surface area contributed by atoms with E-state index in [2.05, 4.69) is 35.6 Å². The number of aromatic nitrogens is 2. The SMILES string of the molecule is CCC(C)(C)N(C)c1cncc(CN)n1. The Bertz CT molecular complexity index is 322. The van der Waals surface area contributed by atoms with Crippen LogP contribution in [-0.4, -0.2) is 22.6 Å². The van der Waals surface area contributed by atoms with Crippen molar-refractivity contribution < 1.29 is 0 Å². The molecule has 0 atom stereocenters. The second kappa shape index (κ2) is 4.57. The van der Waals surface area contributed by atoms with E-state index in [4.69, 9.17) is 5.73 Å². The number of nitrogens with zero attached hydrogens (tertiary/aromatic N) is 3. The molecule has 4 nitrogen and oxygen atoms in total. The molecule has 1 aromatic rings. The molecule has 0 aliphatic heterocycles. The molecule has 0 radical (unpaired) electrons. The summed E-state index contributed by atoms with van der Waals surface area (Å²) in [6.45, 7) is 6.96. The van der Waals surface area contributed by atoms with Crippen LogP contribution in [0.2, 0.25) is 0 Å². The van der Waals surface area contributed by atoms with Gasteiger partial charge in [0, 0.05) is 25.3 Å². The molecular weight excluding hydrogens is 188 g/mol. The number of hydrogen-bond donors (Lipinski definition) is 1. The number of rotatable bonds is 4. The summed E-state index contributed by atoms with van der Waals surface area (Å²) < 4.78 is 0. The Morgan fingerprint density at radius 2 is 2.07 bits per heavy atom. The zero-order chi connectivity index (χ0) is 11.5. The van der Waals surface area contributed by atoms with Crippen molar-refractivity contribution in [2.24, 2.45) is 5.73 Å². The van der Waals surface area contributed by atoms with Crippen LogP contribution in [0.4, 0.5) is 5.82 Å². The van der Waals surface area contributed by atoms with Crippen LogP contribution in [0, 0.1) is 0 Å². The standard InChI is InChI=1S/C11H20N4/c1-5-11(2,3)15(4)10-8-13-7-9(6-12)14-10/h7-8H,5-6,12H2,1-4H3. The van der Waals surface area contributed by atoms with Gasteiger partial charge in [-0.3, -0.25) is 4.98 Å². The van der Waals surface area contributed by atoms with E-state index in [1.54, 1.807) is 12.4 Å². The van der Waals surface area contributed by atoms with Crippen molar-refractivity contribution in [1.29, 1.82) is 0 Å². The average molecular weight is 208 g/mol. The molecule has 1 heterocycles. The van der Waals surface area contributed by atoms with E-state index >= 15 is 0 Å². The molecule has 0 spiro atoms. The van der Waals surface area contributed by atoms with Crippen molar-refractivity contribution in [3.63, 3.8) is 0 Å². The zero-order valence-corrected chi connectivity index (χ0v) is 9.99. The molecule has 0 saturated heterocycles. The lowest BCUT2D eigenvalue weighted by molar-refractivity contribution is 0.466. The van der Waals surface area contributed by atoms with Gasteiger partial charge in [-0.25, -0.2) is 4.98 Å². The van der Waals surface area contributed by atoms with Gasteiger partial charge in [-0.2, -0.15) is 0 Å². The molecular formula is C11H20N4. The first-order valence-corrected chi connectivity index (χ1v) is 5.26. The minimum absolute atomic E-state index is 0.0852. The van der Waals surface area contributed by atoms with E-state index in [1.165, 1.54) is 0 Å². The molecule has 0 amide bonds. The third-order valence-corrected chi connectivity index (χ3v) is 3.00. The van der Waals surface area contributed by atoms with E-state index < -0.39 is 0 Å².